The van der Waals surface area contributed by atoms with Crippen molar-refractivity contribution in [1.29, 1.82) is 0 Å². The summed E-state index contributed by atoms with van der Waals surface area (Å²) in [4.78, 5) is 10.4. The van der Waals surface area contributed by atoms with Gasteiger partial charge in [0.2, 0.25) is 0 Å². The number of aliphatic hydroxyl groups is 1. The highest BCUT2D eigenvalue weighted by molar-refractivity contribution is 5.83. The standard InChI is InChI=1S/C6H8O3/c1-4-2-5(7)3-6(8)9-4/h3-4,7H,2H2,1H3/t4-/m0/s1. The van der Waals surface area contributed by atoms with Crippen LogP contribution in [0.15, 0.2) is 11.8 Å². The summed E-state index contributed by atoms with van der Waals surface area (Å²) in [7, 11) is 0. The maximum absolute atomic E-state index is 10.4. The number of hydrogen-bond acceptors (Lipinski definition) is 3. The first-order chi connectivity index (χ1) is 4.18. The fraction of sp³-hybridized carbons (Fsp3) is 0.500. The minimum absolute atomic E-state index is 0.110. The van der Waals surface area contributed by atoms with Crippen LogP contribution in [0.2, 0.25) is 0 Å². The third-order valence-electron chi connectivity index (χ3n) is 1.10. The molecule has 3 nitrogen and oxygen atoms in total. The number of ether oxygens (including phenoxy) is 1. The van der Waals surface area contributed by atoms with E-state index in [9.17, 15) is 4.79 Å². The van der Waals surface area contributed by atoms with Gasteiger partial charge < -0.3 is 9.84 Å². The summed E-state index contributed by atoms with van der Waals surface area (Å²) in [6, 6.07) is 0. The van der Waals surface area contributed by atoms with Crippen molar-refractivity contribution >= 4 is 5.97 Å². The van der Waals surface area contributed by atoms with Crippen LogP contribution in [0.1, 0.15) is 13.3 Å². The van der Waals surface area contributed by atoms with Gasteiger partial charge in [0.1, 0.15) is 11.9 Å². The van der Waals surface area contributed by atoms with E-state index in [1.165, 1.54) is 0 Å². The zero-order valence-corrected chi connectivity index (χ0v) is 5.13. The van der Waals surface area contributed by atoms with Gasteiger partial charge in [0.25, 0.3) is 0 Å². The van der Waals surface area contributed by atoms with Gasteiger partial charge in [-0.3, -0.25) is 0 Å². The Balaban J connectivity index is 2.67. The molecule has 1 atom stereocenters. The zero-order valence-electron chi connectivity index (χ0n) is 5.13. The van der Waals surface area contributed by atoms with Gasteiger partial charge in [-0.2, -0.15) is 0 Å². The van der Waals surface area contributed by atoms with Crippen LogP contribution < -0.4 is 0 Å². The van der Waals surface area contributed by atoms with E-state index in [0.29, 0.717) is 6.42 Å². The minimum atomic E-state index is -0.453. The molecule has 0 fully saturated rings. The van der Waals surface area contributed by atoms with Gasteiger partial charge in [-0.25, -0.2) is 4.79 Å². The van der Waals surface area contributed by atoms with Crippen molar-refractivity contribution < 1.29 is 14.6 Å². The first kappa shape index (κ1) is 6.13. The molecule has 1 aliphatic heterocycles. The number of rotatable bonds is 0. The molecule has 0 unspecified atom stereocenters. The van der Waals surface area contributed by atoms with E-state index < -0.39 is 5.97 Å². The zero-order chi connectivity index (χ0) is 6.85. The topological polar surface area (TPSA) is 46.5 Å². The second-order valence-electron chi connectivity index (χ2n) is 2.09. The van der Waals surface area contributed by atoms with E-state index >= 15 is 0 Å². The summed E-state index contributed by atoms with van der Waals surface area (Å²) in [5, 5.41) is 8.81. The lowest BCUT2D eigenvalue weighted by Crippen LogP contribution is -2.19. The Labute approximate surface area is 52.9 Å². The second-order valence-corrected chi connectivity index (χ2v) is 2.09. The molecule has 1 N–H and O–H groups in total. The fourth-order valence-electron chi connectivity index (χ4n) is 0.763. The molecule has 50 valence electrons. The van der Waals surface area contributed by atoms with Crippen molar-refractivity contribution in [3.63, 3.8) is 0 Å². The molecule has 1 rings (SSSR count). The van der Waals surface area contributed by atoms with Gasteiger partial charge in [0.15, 0.2) is 0 Å². The smallest absolute Gasteiger partial charge is 0.334 e. The van der Waals surface area contributed by atoms with Crippen LogP contribution in [0.25, 0.3) is 0 Å². The van der Waals surface area contributed by atoms with Gasteiger partial charge in [0.05, 0.1) is 6.08 Å². The minimum Gasteiger partial charge on any atom is -0.512 e. The number of esters is 1. The predicted octanol–water partition coefficient (Wildman–Crippen LogP) is 0.764. The predicted molar refractivity (Wildman–Crippen MR) is 30.9 cm³/mol. The molecule has 1 heterocycles. The molecule has 0 aromatic rings. The van der Waals surface area contributed by atoms with E-state index in [4.69, 9.17) is 5.11 Å². The van der Waals surface area contributed by atoms with Gasteiger partial charge >= 0.3 is 5.97 Å². The van der Waals surface area contributed by atoms with Crippen LogP contribution in [-0.4, -0.2) is 17.2 Å². The van der Waals surface area contributed by atoms with Crippen LogP contribution in [-0.2, 0) is 9.53 Å². The van der Waals surface area contributed by atoms with Crippen molar-refractivity contribution in [3.8, 4) is 0 Å². The Morgan fingerprint density at radius 2 is 2.56 bits per heavy atom. The molecule has 3 heteroatoms. The number of carbonyl (C=O) groups is 1. The van der Waals surface area contributed by atoms with E-state index in [0.717, 1.165) is 6.08 Å². The van der Waals surface area contributed by atoms with Gasteiger partial charge in [0, 0.05) is 6.42 Å². The summed E-state index contributed by atoms with van der Waals surface area (Å²) in [6.45, 7) is 1.74. The molecular formula is C6H8O3. The summed E-state index contributed by atoms with van der Waals surface area (Å²) in [5.74, 6) is -0.343. The molecule has 0 amide bonds. The van der Waals surface area contributed by atoms with Crippen molar-refractivity contribution in [3.05, 3.63) is 11.8 Å². The Bertz CT molecular complexity index is 160. The Kier molecular flexibility index (Phi) is 1.42. The van der Waals surface area contributed by atoms with Gasteiger partial charge in [-0.15, -0.1) is 0 Å². The quantitative estimate of drug-likeness (QED) is 0.490. The first-order valence-electron chi connectivity index (χ1n) is 2.78. The third-order valence-corrected chi connectivity index (χ3v) is 1.10. The van der Waals surface area contributed by atoms with E-state index in [1.54, 1.807) is 6.92 Å². The van der Waals surface area contributed by atoms with E-state index in [2.05, 4.69) is 4.74 Å². The normalized spacial score (nSPS) is 27.0. The number of cyclic esters (lactones) is 1. The van der Waals surface area contributed by atoms with Crippen LogP contribution in [0.5, 0.6) is 0 Å². The molecule has 0 saturated carbocycles. The average Bonchev–Trinajstić information content (AvgIpc) is 1.59. The van der Waals surface area contributed by atoms with Crippen LogP contribution in [0.3, 0.4) is 0 Å². The largest absolute Gasteiger partial charge is 0.512 e. The maximum Gasteiger partial charge on any atom is 0.334 e. The molecule has 0 aliphatic carbocycles. The lowest BCUT2D eigenvalue weighted by molar-refractivity contribution is -0.144. The Morgan fingerprint density at radius 3 is 3.00 bits per heavy atom. The maximum atomic E-state index is 10.4. The average molecular weight is 128 g/mol. The summed E-state index contributed by atoms with van der Waals surface area (Å²) < 4.78 is 4.68. The summed E-state index contributed by atoms with van der Waals surface area (Å²) in [5.41, 5.74) is 0. The van der Waals surface area contributed by atoms with Crippen molar-refractivity contribution in [2.75, 3.05) is 0 Å². The summed E-state index contributed by atoms with van der Waals surface area (Å²) in [6.07, 6.45) is 1.36. The number of hydrogen-bond donors (Lipinski definition) is 1. The van der Waals surface area contributed by atoms with Crippen molar-refractivity contribution in [2.45, 2.75) is 19.4 Å². The molecular weight excluding hydrogens is 120 g/mol. The molecule has 0 bridgehead atoms. The van der Waals surface area contributed by atoms with Crippen molar-refractivity contribution in [1.82, 2.24) is 0 Å². The van der Waals surface area contributed by atoms with Gasteiger partial charge in [-0.1, -0.05) is 0 Å². The third kappa shape index (κ3) is 1.45. The number of carbonyl (C=O) groups excluding carboxylic acids is 1. The van der Waals surface area contributed by atoms with E-state index in [-0.39, 0.29) is 11.9 Å². The molecule has 0 aromatic carbocycles. The molecule has 9 heavy (non-hydrogen) atoms. The highest BCUT2D eigenvalue weighted by Gasteiger charge is 2.15. The molecule has 0 radical (unpaired) electrons. The fourth-order valence-corrected chi connectivity index (χ4v) is 0.763. The molecule has 1 aliphatic rings. The highest BCUT2D eigenvalue weighted by Crippen LogP contribution is 2.11. The lowest BCUT2D eigenvalue weighted by Gasteiger charge is -2.15. The van der Waals surface area contributed by atoms with Crippen LogP contribution >= 0.6 is 0 Å². The van der Waals surface area contributed by atoms with Gasteiger partial charge in [-0.05, 0) is 6.92 Å². The second kappa shape index (κ2) is 2.09. The highest BCUT2D eigenvalue weighted by atomic mass is 16.5. The van der Waals surface area contributed by atoms with Crippen LogP contribution in [0.4, 0.5) is 0 Å². The Hall–Kier alpha value is -0.990. The Morgan fingerprint density at radius 1 is 1.89 bits per heavy atom. The first-order valence-corrected chi connectivity index (χ1v) is 2.78. The molecule has 0 aromatic heterocycles. The SMILES string of the molecule is C[C@H]1CC(O)=CC(=O)O1. The molecule has 0 spiro atoms. The summed E-state index contributed by atoms with van der Waals surface area (Å²) >= 11 is 0. The van der Waals surface area contributed by atoms with Crippen LogP contribution in [0, 0.1) is 0 Å². The van der Waals surface area contributed by atoms with Crippen molar-refractivity contribution in [2.24, 2.45) is 0 Å². The molecule has 0 saturated heterocycles. The van der Waals surface area contributed by atoms with E-state index in [1.807, 2.05) is 0 Å². The lowest BCUT2D eigenvalue weighted by atomic mass is 10.2. The monoisotopic (exact) mass is 128 g/mol. The number of aliphatic hydroxyl groups excluding tert-OH is 1.